The lowest BCUT2D eigenvalue weighted by molar-refractivity contribution is -0.154. The van der Waals surface area contributed by atoms with Crippen LogP contribution in [0.5, 0.6) is 0 Å². The number of aliphatic imine (C=N–C) groups is 3. The van der Waals surface area contributed by atoms with Crippen molar-refractivity contribution in [1.29, 1.82) is 0 Å². The lowest BCUT2D eigenvalue weighted by Crippen LogP contribution is -2.63. The van der Waals surface area contributed by atoms with Crippen molar-refractivity contribution in [2.75, 3.05) is 60.0 Å². The number of aliphatic carboxylic acids is 1. The molecule has 32 heteroatoms. The van der Waals surface area contributed by atoms with Crippen LogP contribution in [0.15, 0.2) is 69.6 Å². The van der Waals surface area contributed by atoms with Gasteiger partial charge in [-0.25, -0.2) is 4.79 Å². The molecule has 520 valence electrons. The van der Waals surface area contributed by atoms with E-state index in [0.717, 1.165) is 34.6 Å². The third kappa shape index (κ3) is 19.3. The van der Waals surface area contributed by atoms with Crippen molar-refractivity contribution >= 4 is 77.0 Å². The molecule has 5 aliphatic rings. The number of likely N-dealkylation sites (tertiary alicyclic amines) is 3. The molecule has 7 rings (SSSR count). The molecule has 2 aromatic rings. The molecule has 0 radical (unpaired) electrons. The van der Waals surface area contributed by atoms with Crippen LogP contribution in [0.25, 0.3) is 0 Å². The van der Waals surface area contributed by atoms with E-state index in [2.05, 4.69) is 30.9 Å². The van der Waals surface area contributed by atoms with Crippen LogP contribution in [0.2, 0.25) is 0 Å². The Labute approximate surface area is 551 Å². The van der Waals surface area contributed by atoms with Crippen LogP contribution in [0.3, 0.4) is 0 Å². The Morgan fingerprint density at radius 2 is 1.22 bits per heavy atom. The number of carbonyl (C=O) groups is 10. The first-order chi connectivity index (χ1) is 45.3. The molecule has 4 fully saturated rings. The molecular weight excluding hydrogens is 1230 g/mol. The lowest BCUT2D eigenvalue weighted by Gasteiger charge is -2.42. The van der Waals surface area contributed by atoms with E-state index in [1.54, 1.807) is 48.5 Å². The number of hydrogen-bond acceptors (Lipinski definition) is 16. The number of rotatable bonds is 30. The van der Waals surface area contributed by atoms with E-state index in [1.807, 2.05) is 6.07 Å². The number of fused-ring (bicyclic) bond motifs is 2. The van der Waals surface area contributed by atoms with Crippen molar-refractivity contribution in [2.45, 2.75) is 176 Å². The van der Waals surface area contributed by atoms with Crippen molar-refractivity contribution in [3.63, 3.8) is 0 Å². The van der Waals surface area contributed by atoms with Gasteiger partial charge in [0.1, 0.15) is 48.3 Å². The monoisotopic (exact) mass is 1330 g/mol. The Morgan fingerprint density at radius 1 is 0.632 bits per heavy atom. The molecule has 0 unspecified atom stereocenters. The summed E-state index contributed by atoms with van der Waals surface area (Å²) in [5, 5.41) is 40.3. The average Bonchev–Trinajstić information content (AvgIpc) is 1.66. The molecule has 0 bridgehead atoms. The molecule has 0 spiro atoms. The fourth-order valence-corrected chi connectivity index (χ4v) is 13.6. The van der Waals surface area contributed by atoms with Gasteiger partial charge in [-0.15, -0.1) is 0 Å². The smallest absolute Gasteiger partial charge is 0.326 e. The zero-order valence-electron chi connectivity index (χ0n) is 54.1. The maximum atomic E-state index is 15.4. The van der Waals surface area contributed by atoms with Gasteiger partial charge in [0.05, 0.1) is 25.3 Å². The number of carbonyl (C=O) groups excluding carboxylic acids is 9. The van der Waals surface area contributed by atoms with Gasteiger partial charge in [-0.1, -0.05) is 67.4 Å². The molecule has 20 N–H and O–H groups in total. The van der Waals surface area contributed by atoms with E-state index in [-0.39, 0.29) is 127 Å². The second-order valence-electron chi connectivity index (χ2n) is 25.2. The molecule has 1 aliphatic carbocycles. The molecule has 9 amide bonds. The number of nitrogens with zero attached hydrogens (tertiary/aromatic N) is 9. The predicted molar refractivity (Wildman–Crippen MR) is 349 cm³/mol. The largest absolute Gasteiger partial charge is 0.480 e. The minimum atomic E-state index is -1.68. The molecular formula is C63H95N19O13. The number of carboxylic acids is 1. The number of likely N-dealkylation sites (N-methyl/N-ethyl adjacent to an activating group) is 2. The third-order valence-electron chi connectivity index (χ3n) is 18.5. The fourth-order valence-electron chi connectivity index (χ4n) is 13.6. The molecule has 12 atom stereocenters. The molecule has 0 aromatic heterocycles. The van der Waals surface area contributed by atoms with Crippen molar-refractivity contribution in [3.05, 3.63) is 71.3 Å². The number of nitrogens with one attached hydrogen (secondary N) is 3. The molecule has 3 saturated heterocycles. The molecule has 4 aliphatic heterocycles. The number of nitrogens with two attached hydrogens (primary N) is 7. The third-order valence-corrected chi connectivity index (χ3v) is 18.5. The van der Waals surface area contributed by atoms with Gasteiger partial charge < -0.3 is 101 Å². The predicted octanol–water partition coefficient (Wildman–Crippen LogP) is -4.40. The summed E-state index contributed by atoms with van der Waals surface area (Å²) in [7, 11) is 2.67. The highest BCUT2D eigenvalue weighted by molar-refractivity contribution is 5.99. The van der Waals surface area contributed by atoms with E-state index in [1.165, 1.54) is 33.7 Å². The van der Waals surface area contributed by atoms with E-state index in [4.69, 9.17) is 40.1 Å². The summed E-state index contributed by atoms with van der Waals surface area (Å²) in [6.07, 6.45) is 3.40. The van der Waals surface area contributed by atoms with Gasteiger partial charge >= 0.3 is 5.97 Å². The molecule has 95 heavy (non-hydrogen) atoms. The Kier molecular flexibility index (Phi) is 26.4. The Balaban J connectivity index is 1.06. The average molecular weight is 1330 g/mol. The van der Waals surface area contributed by atoms with Gasteiger partial charge in [0, 0.05) is 78.7 Å². The van der Waals surface area contributed by atoms with E-state index in [0.29, 0.717) is 30.4 Å². The number of guanidine groups is 3. The minimum absolute atomic E-state index is 0.00154. The number of β-amino-alcohol motifs (C(OH)–C–C–N with tert-alkyl or cyclic N) is 1. The van der Waals surface area contributed by atoms with Gasteiger partial charge in [-0.3, -0.25) is 58.1 Å². The fraction of sp³-hybridized carbons (Fsp3) is 0.603. The SMILES string of the molecule is CN(CC(=O)N(C)[C@@H](Cc1ccccc1)C(=O)N[C@@H](CO)C(=O)N1Cc2ccccc2C[C@@H]1C(=O)N1[C@H](C(=O)N[C@@H](CCCN=C(N)N)C(=O)O)C[C@@H]2CCCC[C@@H]21)C(=O)[C@@H]1C[C@@H](O)CN1C(=O)[C@@H]1CCCN1C(=O)[C@H](CCCN=C(N)N)NC(=O)[C@H](N)CCCN=C(N)N. The summed E-state index contributed by atoms with van der Waals surface area (Å²) < 4.78 is 0. The number of benzene rings is 2. The van der Waals surface area contributed by atoms with Crippen LogP contribution in [0, 0.1) is 5.92 Å². The number of aliphatic hydroxyl groups is 2. The summed E-state index contributed by atoms with van der Waals surface area (Å²) in [5.74, 6) is -8.08. The molecule has 1 saturated carbocycles. The van der Waals surface area contributed by atoms with Crippen molar-refractivity contribution in [2.24, 2.45) is 61.0 Å². The van der Waals surface area contributed by atoms with Crippen molar-refractivity contribution < 1.29 is 63.3 Å². The Morgan fingerprint density at radius 3 is 1.85 bits per heavy atom. The van der Waals surface area contributed by atoms with Gasteiger partial charge in [-0.2, -0.15) is 0 Å². The van der Waals surface area contributed by atoms with Crippen LogP contribution >= 0.6 is 0 Å². The number of amides is 9. The van der Waals surface area contributed by atoms with Crippen LogP contribution in [0.4, 0.5) is 0 Å². The number of carboxylic acid groups (broad SMARTS) is 1. The highest BCUT2D eigenvalue weighted by Crippen LogP contribution is 2.41. The second kappa shape index (κ2) is 34.3. The zero-order valence-corrected chi connectivity index (χ0v) is 54.1. The van der Waals surface area contributed by atoms with E-state index < -0.39 is 139 Å². The summed E-state index contributed by atoms with van der Waals surface area (Å²) in [5.41, 5.74) is 41.0. The second-order valence-corrected chi connectivity index (χ2v) is 25.2. The van der Waals surface area contributed by atoms with Gasteiger partial charge in [-0.05, 0) is 93.2 Å². The van der Waals surface area contributed by atoms with Crippen LogP contribution in [0.1, 0.15) is 107 Å². The van der Waals surface area contributed by atoms with Crippen LogP contribution in [-0.4, -0.2) is 248 Å². The van der Waals surface area contributed by atoms with Crippen molar-refractivity contribution in [3.8, 4) is 0 Å². The quantitative estimate of drug-likeness (QED) is 0.0200. The highest BCUT2D eigenvalue weighted by atomic mass is 16.4. The molecule has 32 nitrogen and oxygen atoms in total. The summed E-state index contributed by atoms with van der Waals surface area (Å²) in [6, 6.07) is 4.16. The summed E-state index contributed by atoms with van der Waals surface area (Å²) in [6.45, 7) is -1.38. The maximum Gasteiger partial charge on any atom is 0.326 e. The zero-order chi connectivity index (χ0) is 69.2. The molecule has 2 aromatic carbocycles. The lowest BCUT2D eigenvalue weighted by atomic mass is 9.84. The maximum absolute atomic E-state index is 15.4. The van der Waals surface area contributed by atoms with Gasteiger partial charge in [0.25, 0.3) is 0 Å². The Bertz CT molecular complexity index is 3160. The van der Waals surface area contributed by atoms with Gasteiger partial charge in [0.2, 0.25) is 53.2 Å². The first-order valence-corrected chi connectivity index (χ1v) is 32.5. The van der Waals surface area contributed by atoms with Gasteiger partial charge in [0.15, 0.2) is 17.9 Å². The number of aliphatic hydroxyl groups excluding tert-OH is 2. The first-order valence-electron chi connectivity index (χ1n) is 32.5. The van der Waals surface area contributed by atoms with Crippen LogP contribution in [-0.2, 0) is 67.3 Å². The van der Waals surface area contributed by atoms with E-state index in [9.17, 15) is 53.7 Å². The topological polar surface area (TPSA) is 506 Å². The summed E-state index contributed by atoms with van der Waals surface area (Å²) in [4.78, 5) is 163. The first kappa shape index (κ1) is 73.2. The molecule has 4 heterocycles. The van der Waals surface area contributed by atoms with Crippen LogP contribution < -0.4 is 56.1 Å². The summed E-state index contributed by atoms with van der Waals surface area (Å²) >= 11 is 0. The number of hydrogen-bond donors (Lipinski definition) is 13. The minimum Gasteiger partial charge on any atom is -0.480 e. The Hall–Kier alpha value is -9.17. The standard InChI is InChI=1S/C63H95N19O13/c1-77(57(91)50-31-40(84)33-81(50)58(92)46-23-13-27-79(46)55(89)42(20-11-25-72-62(67)68)74-52(86)41(64)19-10-24-71-61(65)66)34-51(85)78(2)47(28-36-14-4-3-5-15-36)53(87)76-44(35-83)56(90)80-32-39-18-7-6-16-37(39)29-49(80)59(93)82-45-22-9-8-17-38(45)30-48(82)54(88)75-43(60(94)95)21-12-26-73-63(69)70/h3-7,14-16,18,38,40-50,83-84H,8-13,17,19-35,64H2,1-2H3,(H,74,86)(H,75,88)(H,76,87)(H,94,95)(H4,65,66,71)(H4,67,68,72)(H4,69,70,73)/t38-,40+,41+,42-,43-,44-,45-,46-,47-,48-,49+,50-/m0/s1. The van der Waals surface area contributed by atoms with Crippen molar-refractivity contribution in [1.82, 2.24) is 45.3 Å². The highest BCUT2D eigenvalue weighted by Gasteiger charge is 2.52. The normalized spacial score (nSPS) is 22.1. The van der Waals surface area contributed by atoms with E-state index >= 15 is 9.59 Å².